The third kappa shape index (κ3) is 4.11. The Labute approximate surface area is 123 Å². The van der Waals surface area contributed by atoms with Crippen molar-refractivity contribution in [2.45, 2.75) is 11.3 Å². The van der Waals surface area contributed by atoms with Crippen molar-refractivity contribution in [2.75, 3.05) is 17.6 Å². The van der Waals surface area contributed by atoms with Crippen molar-refractivity contribution in [3.05, 3.63) is 48.0 Å². The number of benzene rings is 2. The van der Waals surface area contributed by atoms with Gasteiger partial charge >= 0.3 is 0 Å². The van der Waals surface area contributed by atoms with Crippen LogP contribution in [0.2, 0.25) is 0 Å². The largest absolute Gasteiger partial charge is 0.508 e. The van der Waals surface area contributed by atoms with Gasteiger partial charge in [-0.2, -0.15) is 0 Å². The van der Waals surface area contributed by atoms with Gasteiger partial charge in [-0.05, 0) is 42.3 Å². The molecule has 0 heterocycles. The molecule has 0 bridgehead atoms. The lowest BCUT2D eigenvalue weighted by Crippen LogP contribution is -2.13. The standard InChI is InChI=1S/C14H17N3O3S/c15-13-9-12(21(16,19)20)5-6-14(13)17-8-7-10-1-3-11(18)4-2-10/h1-6,9,17-18H,7-8,15H2,(H2,16,19,20). The Kier molecular flexibility index (Phi) is 4.35. The van der Waals surface area contributed by atoms with Crippen molar-refractivity contribution in [1.82, 2.24) is 0 Å². The number of phenolic OH excluding ortho intramolecular Hbond substituents is 1. The Morgan fingerprint density at radius 3 is 2.33 bits per heavy atom. The quantitative estimate of drug-likeness (QED) is 0.620. The molecule has 6 nitrogen and oxygen atoms in total. The molecule has 21 heavy (non-hydrogen) atoms. The Hall–Kier alpha value is -2.25. The molecule has 2 rings (SSSR count). The average molecular weight is 307 g/mol. The van der Waals surface area contributed by atoms with Gasteiger partial charge in [0.05, 0.1) is 16.3 Å². The van der Waals surface area contributed by atoms with Crippen LogP contribution in [-0.4, -0.2) is 20.1 Å². The number of anilines is 2. The highest BCUT2D eigenvalue weighted by Gasteiger charge is 2.09. The lowest BCUT2D eigenvalue weighted by atomic mass is 10.1. The van der Waals surface area contributed by atoms with Gasteiger partial charge in [-0.15, -0.1) is 0 Å². The van der Waals surface area contributed by atoms with Gasteiger partial charge in [0.2, 0.25) is 10.0 Å². The van der Waals surface area contributed by atoms with Crippen LogP contribution in [0.1, 0.15) is 5.56 Å². The third-order valence-corrected chi connectivity index (χ3v) is 3.93. The molecule has 0 unspecified atom stereocenters. The number of aromatic hydroxyl groups is 1. The van der Waals surface area contributed by atoms with Crippen LogP contribution in [0.15, 0.2) is 47.4 Å². The maximum atomic E-state index is 11.2. The summed E-state index contributed by atoms with van der Waals surface area (Å²) in [6, 6.07) is 11.3. The highest BCUT2D eigenvalue weighted by atomic mass is 32.2. The molecule has 7 heteroatoms. The predicted octanol–water partition coefficient (Wildman–Crippen LogP) is 1.28. The molecule has 0 atom stereocenters. The summed E-state index contributed by atoms with van der Waals surface area (Å²) >= 11 is 0. The molecule has 0 spiro atoms. The second-order valence-electron chi connectivity index (χ2n) is 4.64. The van der Waals surface area contributed by atoms with E-state index in [0.29, 0.717) is 17.9 Å². The summed E-state index contributed by atoms with van der Waals surface area (Å²) in [4.78, 5) is -0.0101. The number of hydrogen-bond acceptors (Lipinski definition) is 5. The summed E-state index contributed by atoms with van der Waals surface area (Å²) in [5.41, 5.74) is 7.85. The molecule has 0 aliphatic heterocycles. The molecule has 0 radical (unpaired) electrons. The highest BCUT2D eigenvalue weighted by Crippen LogP contribution is 2.22. The molecule has 0 aromatic heterocycles. The minimum absolute atomic E-state index is 0.0101. The number of hydrogen-bond donors (Lipinski definition) is 4. The van der Waals surface area contributed by atoms with Crippen molar-refractivity contribution >= 4 is 21.4 Å². The van der Waals surface area contributed by atoms with Crippen molar-refractivity contribution in [1.29, 1.82) is 0 Å². The van der Waals surface area contributed by atoms with Gasteiger partial charge in [0, 0.05) is 6.54 Å². The molecule has 0 fully saturated rings. The highest BCUT2D eigenvalue weighted by molar-refractivity contribution is 7.89. The zero-order valence-electron chi connectivity index (χ0n) is 11.3. The molecule has 0 aliphatic carbocycles. The topological polar surface area (TPSA) is 118 Å². The van der Waals surface area contributed by atoms with Gasteiger partial charge in [0.1, 0.15) is 5.75 Å². The molecule has 0 aliphatic rings. The maximum Gasteiger partial charge on any atom is 0.238 e. The van der Waals surface area contributed by atoms with Crippen molar-refractivity contribution in [2.24, 2.45) is 5.14 Å². The number of primary sulfonamides is 1. The predicted molar refractivity (Wildman–Crippen MR) is 82.5 cm³/mol. The number of nitrogens with one attached hydrogen (secondary N) is 1. The molecule has 112 valence electrons. The number of phenols is 1. The van der Waals surface area contributed by atoms with Crippen molar-refractivity contribution in [3.63, 3.8) is 0 Å². The molecule has 2 aromatic rings. The van der Waals surface area contributed by atoms with Crippen LogP contribution in [0.5, 0.6) is 5.75 Å². The molecule has 0 saturated carbocycles. The van der Waals surface area contributed by atoms with Crippen LogP contribution in [0.3, 0.4) is 0 Å². The Bertz CT molecular complexity index is 728. The molecule has 0 saturated heterocycles. The first-order valence-electron chi connectivity index (χ1n) is 6.30. The normalized spacial score (nSPS) is 11.3. The fourth-order valence-corrected chi connectivity index (χ4v) is 2.43. The van der Waals surface area contributed by atoms with Crippen LogP contribution in [-0.2, 0) is 16.4 Å². The molecule has 6 N–H and O–H groups in total. The van der Waals surface area contributed by atoms with Crippen LogP contribution in [0.25, 0.3) is 0 Å². The zero-order chi connectivity index (χ0) is 15.5. The minimum Gasteiger partial charge on any atom is -0.508 e. The van der Waals surface area contributed by atoms with Gasteiger partial charge in [0.25, 0.3) is 0 Å². The number of nitrogen functional groups attached to an aromatic ring is 1. The minimum atomic E-state index is -3.74. The first-order valence-corrected chi connectivity index (χ1v) is 7.85. The second kappa shape index (κ2) is 6.02. The summed E-state index contributed by atoms with van der Waals surface area (Å²) in [7, 11) is -3.74. The number of nitrogens with two attached hydrogens (primary N) is 2. The van der Waals surface area contributed by atoms with E-state index in [1.807, 2.05) is 12.1 Å². The Morgan fingerprint density at radius 1 is 1.10 bits per heavy atom. The first-order chi connectivity index (χ1) is 9.86. The fraction of sp³-hybridized carbons (Fsp3) is 0.143. The molecular weight excluding hydrogens is 290 g/mol. The number of sulfonamides is 1. The van der Waals surface area contributed by atoms with Crippen LogP contribution < -0.4 is 16.2 Å². The van der Waals surface area contributed by atoms with Gasteiger partial charge in [-0.1, -0.05) is 12.1 Å². The fourth-order valence-electron chi connectivity index (χ4n) is 1.88. The summed E-state index contributed by atoms with van der Waals surface area (Å²) < 4.78 is 22.4. The monoisotopic (exact) mass is 307 g/mol. The first kappa shape index (κ1) is 15.1. The van der Waals surface area contributed by atoms with Crippen LogP contribution >= 0.6 is 0 Å². The van der Waals surface area contributed by atoms with E-state index in [0.717, 1.165) is 12.0 Å². The summed E-state index contributed by atoms with van der Waals surface area (Å²) in [5.74, 6) is 0.231. The summed E-state index contributed by atoms with van der Waals surface area (Å²) in [6.45, 7) is 0.629. The maximum absolute atomic E-state index is 11.2. The van der Waals surface area contributed by atoms with Crippen molar-refractivity contribution in [3.8, 4) is 5.75 Å². The lowest BCUT2D eigenvalue weighted by Gasteiger charge is -2.10. The van der Waals surface area contributed by atoms with Gasteiger partial charge in [-0.25, -0.2) is 13.6 Å². The van der Waals surface area contributed by atoms with Gasteiger partial charge in [-0.3, -0.25) is 0 Å². The smallest absolute Gasteiger partial charge is 0.238 e. The Morgan fingerprint density at radius 2 is 1.76 bits per heavy atom. The van der Waals surface area contributed by atoms with E-state index in [2.05, 4.69) is 5.32 Å². The molecule has 2 aromatic carbocycles. The van der Waals surface area contributed by atoms with Gasteiger partial charge < -0.3 is 16.2 Å². The molecular formula is C14H17N3O3S. The lowest BCUT2D eigenvalue weighted by molar-refractivity contribution is 0.475. The van der Waals surface area contributed by atoms with Crippen LogP contribution in [0.4, 0.5) is 11.4 Å². The van der Waals surface area contributed by atoms with E-state index in [4.69, 9.17) is 10.9 Å². The third-order valence-electron chi connectivity index (χ3n) is 3.02. The molecule has 0 amide bonds. The average Bonchev–Trinajstić information content (AvgIpc) is 2.41. The SMILES string of the molecule is Nc1cc(S(N)(=O)=O)ccc1NCCc1ccc(O)cc1. The van der Waals surface area contributed by atoms with Crippen molar-refractivity contribution < 1.29 is 13.5 Å². The van der Waals surface area contributed by atoms with E-state index in [9.17, 15) is 13.5 Å². The van der Waals surface area contributed by atoms with E-state index < -0.39 is 10.0 Å². The Balaban J connectivity index is 1.99. The second-order valence-corrected chi connectivity index (χ2v) is 6.20. The number of rotatable bonds is 5. The van der Waals surface area contributed by atoms with E-state index >= 15 is 0 Å². The van der Waals surface area contributed by atoms with E-state index in [1.54, 1.807) is 18.2 Å². The van der Waals surface area contributed by atoms with E-state index in [1.165, 1.54) is 12.1 Å². The summed E-state index contributed by atoms with van der Waals surface area (Å²) in [6.07, 6.45) is 0.747. The van der Waals surface area contributed by atoms with E-state index in [-0.39, 0.29) is 10.6 Å². The summed E-state index contributed by atoms with van der Waals surface area (Å²) in [5, 5.41) is 17.4. The van der Waals surface area contributed by atoms with Crippen LogP contribution in [0, 0.1) is 0 Å². The van der Waals surface area contributed by atoms with Gasteiger partial charge in [0.15, 0.2) is 0 Å². The zero-order valence-corrected chi connectivity index (χ0v) is 12.1.